The van der Waals surface area contributed by atoms with Crippen LogP contribution in [0.15, 0.2) is 40.4 Å². The molecule has 0 unspecified atom stereocenters. The van der Waals surface area contributed by atoms with E-state index in [-0.39, 0.29) is 11.4 Å². The van der Waals surface area contributed by atoms with Crippen molar-refractivity contribution in [2.75, 3.05) is 26.2 Å². The lowest BCUT2D eigenvalue weighted by atomic mass is 10.4. The molecule has 28 heavy (non-hydrogen) atoms. The summed E-state index contributed by atoms with van der Waals surface area (Å²) < 4.78 is 27.0. The molecule has 2 rings (SSSR count). The highest BCUT2D eigenvalue weighted by Gasteiger charge is 2.13. The summed E-state index contributed by atoms with van der Waals surface area (Å²) in [4.78, 5) is 10.2. The molecule has 0 radical (unpaired) electrons. The fourth-order valence-corrected chi connectivity index (χ4v) is 4.51. The largest absolute Gasteiger partial charge is 0.357 e. The number of guanidine groups is 1. The predicted octanol–water partition coefficient (Wildman–Crippen LogP) is 2.44. The number of hydrogen-bond acceptors (Lipinski definition) is 5. The van der Waals surface area contributed by atoms with Gasteiger partial charge in [0.25, 0.3) is 0 Å². The Balaban J connectivity index is 1.81. The maximum absolute atomic E-state index is 12.3. The van der Waals surface area contributed by atoms with Crippen molar-refractivity contribution in [3.05, 3.63) is 45.4 Å². The summed E-state index contributed by atoms with van der Waals surface area (Å²) in [5, 5.41) is 7.87. The van der Waals surface area contributed by atoms with Gasteiger partial charge in [0.1, 0.15) is 0 Å². The van der Waals surface area contributed by atoms with Crippen LogP contribution < -0.4 is 15.4 Å². The highest BCUT2D eigenvalue weighted by molar-refractivity contribution is 7.89. The molecule has 0 fully saturated rings. The number of halogens is 1. The number of aliphatic imine (C=N–C) groups is 1. The fraction of sp³-hybridized carbons (Fsp3) is 0.444. The van der Waals surface area contributed by atoms with E-state index in [1.54, 1.807) is 23.5 Å². The molecule has 3 N–H and O–H groups in total. The first-order valence-corrected chi connectivity index (χ1v) is 11.8. The summed E-state index contributed by atoms with van der Waals surface area (Å²) in [7, 11) is -3.60. The molecular weight excluding hydrogens is 418 g/mol. The van der Waals surface area contributed by atoms with E-state index < -0.39 is 10.0 Å². The lowest BCUT2D eigenvalue weighted by Crippen LogP contribution is -2.39. The number of hydrogen-bond donors (Lipinski definition) is 3. The van der Waals surface area contributed by atoms with Crippen molar-refractivity contribution >= 4 is 38.9 Å². The Hall–Kier alpha value is -1.68. The van der Waals surface area contributed by atoms with E-state index in [1.807, 2.05) is 13.1 Å². The molecule has 0 aliphatic rings. The van der Waals surface area contributed by atoms with Crippen LogP contribution in [0.4, 0.5) is 0 Å². The van der Waals surface area contributed by atoms with Crippen molar-refractivity contribution in [3.63, 3.8) is 0 Å². The van der Waals surface area contributed by atoms with Crippen LogP contribution in [-0.2, 0) is 22.9 Å². The van der Waals surface area contributed by atoms with E-state index in [4.69, 9.17) is 11.6 Å². The number of nitrogens with one attached hydrogen (secondary N) is 3. The van der Waals surface area contributed by atoms with E-state index in [0.717, 1.165) is 24.4 Å². The smallest absolute Gasteiger partial charge is 0.240 e. The Morgan fingerprint density at radius 3 is 2.75 bits per heavy atom. The summed E-state index contributed by atoms with van der Waals surface area (Å²) in [5.74, 6) is 0.650. The zero-order chi connectivity index (χ0) is 20.4. The SMILES string of the molecule is CCNC(=NCCNS(=O)(=O)c1cccc(Cl)c1)NCCc1ncc(CC)s1. The van der Waals surface area contributed by atoms with Gasteiger partial charge >= 0.3 is 0 Å². The summed E-state index contributed by atoms with van der Waals surface area (Å²) in [6.07, 6.45) is 3.74. The zero-order valence-corrected chi connectivity index (χ0v) is 18.4. The molecule has 0 atom stereocenters. The normalized spacial score (nSPS) is 12.2. The average Bonchev–Trinajstić information content (AvgIpc) is 3.13. The Kier molecular flexibility index (Phi) is 9.17. The van der Waals surface area contributed by atoms with Crippen LogP contribution in [-0.4, -0.2) is 45.5 Å². The lowest BCUT2D eigenvalue weighted by Gasteiger charge is -2.11. The number of benzene rings is 1. The second-order valence-electron chi connectivity index (χ2n) is 5.87. The van der Waals surface area contributed by atoms with E-state index >= 15 is 0 Å². The molecule has 1 aromatic carbocycles. The van der Waals surface area contributed by atoms with Crippen molar-refractivity contribution < 1.29 is 8.42 Å². The topological polar surface area (TPSA) is 95.5 Å². The van der Waals surface area contributed by atoms with Crippen LogP contribution in [0.5, 0.6) is 0 Å². The van der Waals surface area contributed by atoms with Gasteiger partial charge < -0.3 is 10.6 Å². The maximum atomic E-state index is 12.3. The van der Waals surface area contributed by atoms with Gasteiger partial charge in [0.2, 0.25) is 10.0 Å². The van der Waals surface area contributed by atoms with E-state index in [9.17, 15) is 8.42 Å². The minimum absolute atomic E-state index is 0.143. The van der Waals surface area contributed by atoms with E-state index in [2.05, 4.69) is 32.3 Å². The summed E-state index contributed by atoms with van der Waals surface area (Å²) >= 11 is 7.58. The van der Waals surface area contributed by atoms with Gasteiger partial charge in [-0.15, -0.1) is 11.3 Å². The number of rotatable bonds is 10. The standard InChI is InChI=1S/C18H26ClN5O2S2/c1-3-15-13-23-17(27-15)8-9-21-18(20-4-2)22-10-11-24-28(25,26)16-7-5-6-14(19)12-16/h5-7,12-13,24H,3-4,8-11H2,1-2H3,(H2,20,21,22). The fourth-order valence-electron chi connectivity index (χ4n) is 2.32. The Bertz CT molecular complexity index is 884. The van der Waals surface area contributed by atoms with Crippen LogP contribution in [0.3, 0.4) is 0 Å². The van der Waals surface area contributed by atoms with Crippen molar-refractivity contribution in [2.24, 2.45) is 4.99 Å². The molecule has 0 saturated carbocycles. The number of sulfonamides is 1. The number of aryl methyl sites for hydroxylation is 1. The lowest BCUT2D eigenvalue weighted by molar-refractivity contribution is 0.582. The van der Waals surface area contributed by atoms with Gasteiger partial charge in [-0.1, -0.05) is 24.6 Å². The summed E-state index contributed by atoms with van der Waals surface area (Å²) in [6.45, 7) is 6.03. The highest BCUT2D eigenvalue weighted by atomic mass is 35.5. The molecule has 0 aliphatic carbocycles. The molecular formula is C18H26ClN5O2S2. The van der Waals surface area contributed by atoms with Crippen molar-refractivity contribution in [1.82, 2.24) is 20.3 Å². The third kappa shape index (κ3) is 7.38. The molecule has 1 aromatic heterocycles. The number of aromatic nitrogens is 1. The van der Waals surface area contributed by atoms with E-state index in [1.165, 1.54) is 17.0 Å². The third-order valence-corrected chi connectivity index (χ3v) is 6.60. The molecule has 0 bridgehead atoms. The first kappa shape index (κ1) is 22.6. The van der Waals surface area contributed by atoms with Gasteiger partial charge in [-0.3, -0.25) is 4.99 Å². The van der Waals surface area contributed by atoms with Gasteiger partial charge in [-0.05, 0) is 31.5 Å². The van der Waals surface area contributed by atoms with Gasteiger partial charge in [0.05, 0.1) is 16.4 Å². The molecule has 0 aliphatic heterocycles. The van der Waals surface area contributed by atoms with Crippen LogP contribution in [0.2, 0.25) is 5.02 Å². The molecule has 154 valence electrons. The Morgan fingerprint density at radius 1 is 1.25 bits per heavy atom. The second-order valence-corrected chi connectivity index (χ2v) is 9.27. The predicted molar refractivity (Wildman–Crippen MR) is 116 cm³/mol. The van der Waals surface area contributed by atoms with Crippen LogP contribution in [0.1, 0.15) is 23.7 Å². The second kappa shape index (κ2) is 11.4. The number of thiazole rings is 1. The van der Waals surface area contributed by atoms with Crippen molar-refractivity contribution in [1.29, 1.82) is 0 Å². The van der Waals surface area contributed by atoms with Crippen LogP contribution in [0.25, 0.3) is 0 Å². The summed E-state index contributed by atoms with van der Waals surface area (Å²) in [5.41, 5.74) is 0. The zero-order valence-electron chi connectivity index (χ0n) is 16.0. The van der Waals surface area contributed by atoms with Crippen molar-refractivity contribution in [2.45, 2.75) is 31.6 Å². The van der Waals surface area contributed by atoms with Gasteiger partial charge in [-0.2, -0.15) is 0 Å². The van der Waals surface area contributed by atoms with Crippen LogP contribution in [0, 0.1) is 0 Å². The van der Waals surface area contributed by atoms with Crippen molar-refractivity contribution in [3.8, 4) is 0 Å². The molecule has 10 heteroatoms. The first-order valence-electron chi connectivity index (χ1n) is 9.15. The van der Waals surface area contributed by atoms with Gasteiger partial charge in [-0.25, -0.2) is 18.1 Å². The third-order valence-electron chi connectivity index (χ3n) is 3.71. The maximum Gasteiger partial charge on any atom is 0.240 e. The quantitative estimate of drug-likeness (QED) is 0.298. The Labute approximate surface area is 175 Å². The number of nitrogens with zero attached hydrogens (tertiary/aromatic N) is 2. The molecule has 0 amide bonds. The molecule has 0 spiro atoms. The molecule has 1 heterocycles. The molecule has 0 saturated heterocycles. The average molecular weight is 444 g/mol. The van der Waals surface area contributed by atoms with E-state index in [0.29, 0.717) is 24.1 Å². The molecule has 7 nitrogen and oxygen atoms in total. The van der Waals surface area contributed by atoms with Gasteiger partial charge in [0.15, 0.2) is 5.96 Å². The first-order chi connectivity index (χ1) is 13.4. The Morgan fingerprint density at radius 2 is 2.07 bits per heavy atom. The molecule has 2 aromatic rings. The highest BCUT2D eigenvalue weighted by Crippen LogP contribution is 2.15. The minimum atomic E-state index is -3.60. The van der Waals surface area contributed by atoms with Gasteiger partial charge in [0, 0.05) is 42.2 Å². The van der Waals surface area contributed by atoms with Crippen LogP contribution >= 0.6 is 22.9 Å². The summed E-state index contributed by atoms with van der Waals surface area (Å²) in [6, 6.07) is 6.16. The monoisotopic (exact) mass is 443 g/mol. The minimum Gasteiger partial charge on any atom is -0.357 e.